The number of nitroso groups, excluding NO2 is 1. The molecule has 2 atom stereocenters. The Hall–Kier alpha value is -3.40. The van der Waals surface area contributed by atoms with E-state index in [1.165, 1.54) is 5.56 Å². The zero-order chi connectivity index (χ0) is 28.2. The first-order valence-corrected chi connectivity index (χ1v) is 14.8. The lowest BCUT2D eigenvalue weighted by Gasteiger charge is -2.37. The van der Waals surface area contributed by atoms with E-state index in [0.717, 1.165) is 105 Å². The van der Waals surface area contributed by atoms with Crippen molar-refractivity contribution < 1.29 is 13.9 Å². The highest BCUT2D eigenvalue weighted by Crippen LogP contribution is 2.42. The Morgan fingerprint density at radius 2 is 1.83 bits per heavy atom. The Kier molecular flexibility index (Phi) is 8.55. The summed E-state index contributed by atoms with van der Waals surface area (Å²) in [7, 11) is 1.74. The van der Waals surface area contributed by atoms with E-state index in [4.69, 9.17) is 9.15 Å². The van der Waals surface area contributed by atoms with E-state index >= 15 is 0 Å². The van der Waals surface area contributed by atoms with Gasteiger partial charge in [-0.15, -0.1) is 0 Å². The van der Waals surface area contributed by atoms with Gasteiger partial charge in [-0.1, -0.05) is 23.4 Å². The number of hydrogen-bond donors (Lipinski definition) is 0. The van der Waals surface area contributed by atoms with Gasteiger partial charge in [0.05, 0.1) is 13.2 Å². The Morgan fingerprint density at radius 1 is 1.02 bits per heavy atom. The monoisotopic (exact) mass is 557 g/mol. The van der Waals surface area contributed by atoms with Crippen molar-refractivity contribution in [3.8, 4) is 22.5 Å². The van der Waals surface area contributed by atoms with Gasteiger partial charge in [0.15, 0.2) is 0 Å². The summed E-state index contributed by atoms with van der Waals surface area (Å²) in [6.45, 7) is 7.40. The van der Waals surface area contributed by atoms with Crippen LogP contribution in [0.25, 0.3) is 22.5 Å². The van der Waals surface area contributed by atoms with Gasteiger partial charge in [-0.3, -0.25) is 19.6 Å². The molecular weight excluding hydrogens is 518 g/mol. The molecule has 0 bridgehead atoms. The molecule has 2 aliphatic heterocycles. The molecule has 2 fully saturated rings. The molecule has 0 spiro atoms. The van der Waals surface area contributed by atoms with Crippen LogP contribution in [0.5, 0.6) is 0 Å². The normalized spacial score (nSPS) is 21.6. The van der Waals surface area contributed by atoms with Gasteiger partial charge in [0.1, 0.15) is 17.6 Å². The van der Waals surface area contributed by atoms with E-state index in [2.05, 4.69) is 38.2 Å². The van der Waals surface area contributed by atoms with Crippen molar-refractivity contribution in [1.29, 1.82) is 0 Å². The molecule has 2 aromatic heterocycles. The number of nitrogens with zero attached hydrogens (tertiary/aromatic N) is 5. The number of methoxy groups -OCH3 is 1. The molecule has 4 heterocycles. The van der Waals surface area contributed by atoms with E-state index in [-0.39, 0.29) is 17.9 Å². The molecule has 0 radical (unpaired) electrons. The summed E-state index contributed by atoms with van der Waals surface area (Å²) in [5, 5.41) is 3.32. The molecule has 9 heteroatoms. The lowest BCUT2D eigenvalue weighted by Crippen LogP contribution is -2.51. The highest BCUT2D eigenvalue weighted by molar-refractivity contribution is 5.81. The Bertz CT molecular complexity index is 1350. The SMILES string of the molecule is COCCN1CCN(CC(=O)N2CCCC(c3cc(-c4ccc5c(c4)CCC5N=O)c(-c4ccncc4)o3)C2)CC1. The Labute approximate surface area is 241 Å². The lowest BCUT2D eigenvalue weighted by molar-refractivity contribution is -0.134. The summed E-state index contributed by atoms with van der Waals surface area (Å²) in [4.78, 5) is 35.5. The standard InChI is InChI=1S/C32H39N5O4/c1-40-18-17-35-13-15-36(16-14-35)22-31(38)37-12-2-3-26(21-37)30-20-28(32(41-30)23-8-10-33-11-9-23)25-4-6-27-24(19-25)5-7-29(27)34-39/h4,6,8-11,19-20,26,29H,2-3,5,7,12-18,21-22H2,1H3. The number of fused-ring (bicyclic) bond motifs is 1. The zero-order valence-electron chi connectivity index (χ0n) is 23.8. The van der Waals surface area contributed by atoms with Gasteiger partial charge in [0.2, 0.25) is 5.91 Å². The number of hydrogen-bond acceptors (Lipinski definition) is 8. The van der Waals surface area contributed by atoms with Crippen molar-refractivity contribution in [3.05, 3.63) is 70.6 Å². The third-order valence-corrected chi connectivity index (χ3v) is 8.93. The fraction of sp³-hybridized carbons (Fsp3) is 0.500. The Morgan fingerprint density at radius 3 is 2.61 bits per heavy atom. The maximum Gasteiger partial charge on any atom is 0.236 e. The van der Waals surface area contributed by atoms with Crippen molar-refractivity contribution in [3.63, 3.8) is 0 Å². The molecule has 216 valence electrons. The minimum atomic E-state index is -0.246. The first-order valence-electron chi connectivity index (χ1n) is 14.8. The predicted molar refractivity (Wildman–Crippen MR) is 158 cm³/mol. The molecular formula is C32H39N5O4. The van der Waals surface area contributed by atoms with Crippen molar-refractivity contribution >= 4 is 5.91 Å². The van der Waals surface area contributed by atoms with Gasteiger partial charge in [-0.25, -0.2) is 0 Å². The molecule has 1 amide bonds. The maximum atomic E-state index is 13.4. The number of aryl methyl sites for hydroxylation is 1. The number of ether oxygens (including phenoxy) is 1. The van der Waals surface area contributed by atoms with Gasteiger partial charge in [0.25, 0.3) is 0 Å². The van der Waals surface area contributed by atoms with E-state index in [0.29, 0.717) is 13.1 Å². The molecule has 3 aromatic rings. The van der Waals surface area contributed by atoms with Crippen molar-refractivity contribution in [2.75, 3.05) is 66.1 Å². The molecule has 9 nitrogen and oxygen atoms in total. The fourth-order valence-electron chi connectivity index (χ4n) is 6.53. The zero-order valence-corrected chi connectivity index (χ0v) is 23.8. The van der Waals surface area contributed by atoms with Gasteiger partial charge in [-0.2, -0.15) is 4.91 Å². The van der Waals surface area contributed by atoms with Crippen LogP contribution in [0.15, 0.2) is 58.4 Å². The van der Waals surface area contributed by atoms with Gasteiger partial charge >= 0.3 is 0 Å². The van der Waals surface area contributed by atoms with E-state index in [1.807, 2.05) is 23.1 Å². The number of pyridine rings is 1. The van der Waals surface area contributed by atoms with Gasteiger partial charge in [0, 0.05) is 82.4 Å². The summed E-state index contributed by atoms with van der Waals surface area (Å²) in [5.41, 5.74) is 5.31. The number of piperidine rings is 1. The second-order valence-corrected chi connectivity index (χ2v) is 11.5. The van der Waals surface area contributed by atoms with E-state index < -0.39 is 0 Å². The van der Waals surface area contributed by atoms with Crippen LogP contribution in [0, 0.1) is 4.91 Å². The smallest absolute Gasteiger partial charge is 0.236 e. The van der Waals surface area contributed by atoms with E-state index in [1.54, 1.807) is 19.5 Å². The molecule has 1 aromatic carbocycles. The lowest BCUT2D eigenvalue weighted by atomic mass is 9.93. The summed E-state index contributed by atoms with van der Waals surface area (Å²) in [6.07, 6.45) is 7.14. The second-order valence-electron chi connectivity index (χ2n) is 11.5. The van der Waals surface area contributed by atoms with Crippen LogP contribution in [-0.2, 0) is 16.0 Å². The third-order valence-electron chi connectivity index (χ3n) is 8.93. The quantitative estimate of drug-likeness (QED) is 0.351. The van der Waals surface area contributed by atoms with Crippen LogP contribution in [0.2, 0.25) is 0 Å². The molecule has 1 aliphatic carbocycles. The number of rotatable bonds is 9. The average molecular weight is 558 g/mol. The number of carbonyl (C=O) groups is 1. The molecule has 0 N–H and O–H groups in total. The molecule has 6 rings (SSSR count). The van der Waals surface area contributed by atoms with Crippen LogP contribution in [-0.4, -0.2) is 91.7 Å². The van der Waals surface area contributed by atoms with Crippen LogP contribution in [0.4, 0.5) is 0 Å². The predicted octanol–water partition coefficient (Wildman–Crippen LogP) is 4.73. The van der Waals surface area contributed by atoms with Crippen LogP contribution >= 0.6 is 0 Å². The molecule has 3 aliphatic rings. The largest absolute Gasteiger partial charge is 0.460 e. The van der Waals surface area contributed by atoms with Gasteiger partial charge in [-0.05, 0) is 60.6 Å². The third kappa shape index (κ3) is 6.12. The van der Waals surface area contributed by atoms with Crippen molar-refractivity contribution in [2.24, 2.45) is 5.18 Å². The highest BCUT2D eigenvalue weighted by atomic mass is 16.5. The summed E-state index contributed by atoms with van der Waals surface area (Å²) in [6, 6.07) is 12.2. The van der Waals surface area contributed by atoms with E-state index in [9.17, 15) is 9.70 Å². The summed E-state index contributed by atoms with van der Waals surface area (Å²) >= 11 is 0. The maximum absolute atomic E-state index is 13.4. The highest BCUT2D eigenvalue weighted by Gasteiger charge is 2.30. The van der Waals surface area contributed by atoms with Crippen molar-refractivity contribution in [2.45, 2.75) is 37.6 Å². The number of carbonyl (C=O) groups excluding carboxylic acids is 1. The summed E-state index contributed by atoms with van der Waals surface area (Å²) < 4.78 is 11.8. The number of amides is 1. The van der Waals surface area contributed by atoms with Crippen LogP contribution in [0.3, 0.4) is 0 Å². The molecule has 0 saturated carbocycles. The number of benzene rings is 1. The summed E-state index contributed by atoms with van der Waals surface area (Å²) in [5.74, 6) is 2.09. The Balaban J connectivity index is 1.18. The molecule has 41 heavy (non-hydrogen) atoms. The van der Waals surface area contributed by atoms with Crippen molar-refractivity contribution in [1.82, 2.24) is 19.7 Å². The minimum absolute atomic E-state index is 0.144. The molecule has 2 unspecified atom stereocenters. The van der Waals surface area contributed by atoms with Gasteiger partial charge < -0.3 is 14.1 Å². The number of furan rings is 1. The second kappa shape index (κ2) is 12.6. The fourth-order valence-corrected chi connectivity index (χ4v) is 6.53. The number of likely N-dealkylation sites (tertiary alicyclic amines) is 1. The first kappa shape index (κ1) is 27.8. The average Bonchev–Trinajstić information content (AvgIpc) is 3.66. The first-order chi connectivity index (χ1) is 20.1. The minimum Gasteiger partial charge on any atom is -0.460 e. The number of piperazine rings is 1. The molecule has 2 saturated heterocycles. The topological polar surface area (TPSA) is 91.5 Å². The van der Waals surface area contributed by atoms with Crippen LogP contribution in [0.1, 0.15) is 48.1 Å². The number of aromatic nitrogens is 1. The van der Waals surface area contributed by atoms with Crippen LogP contribution < -0.4 is 0 Å².